The van der Waals surface area contributed by atoms with E-state index in [2.05, 4.69) is 32.1 Å². The predicted molar refractivity (Wildman–Crippen MR) is 119 cm³/mol. The van der Waals surface area contributed by atoms with Crippen LogP contribution in [0.4, 0.5) is 11.4 Å². The van der Waals surface area contributed by atoms with E-state index in [1.165, 1.54) is 11.3 Å². The molecule has 3 heterocycles. The van der Waals surface area contributed by atoms with Gasteiger partial charge < -0.3 is 15.1 Å². The molecule has 1 saturated heterocycles. The molecule has 6 nitrogen and oxygen atoms in total. The summed E-state index contributed by atoms with van der Waals surface area (Å²) < 4.78 is 0. The zero-order chi connectivity index (χ0) is 20.4. The highest BCUT2D eigenvalue weighted by Gasteiger charge is 2.21. The fourth-order valence-electron chi connectivity index (χ4n) is 3.32. The van der Waals surface area contributed by atoms with E-state index in [-0.39, 0.29) is 5.91 Å². The number of halogens is 1. The molecule has 3 aromatic rings. The third-order valence-corrected chi connectivity index (χ3v) is 6.35. The van der Waals surface area contributed by atoms with Crippen molar-refractivity contribution in [3.8, 4) is 10.7 Å². The van der Waals surface area contributed by atoms with E-state index in [4.69, 9.17) is 11.6 Å². The molecule has 1 N–H and O–H groups in total. The summed E-state index contributed by atoms with van der Waals surface area (Å²) in [6.07, 6.45) is 1.72. The lowest BCUT2D eigenvalue weighted by Gasteiger charge is -2.35. The zero-order valence-corrected chi connectivity index (χ0v) is 17.9. The Labute approximate surface area is 179 Å². The number of aryl methyl sites for hydroxylation is 1. The maximum Gasteiger partial charge on any atom is 0.267 e. The molecule has 1 amide bonds. The molecule has 0 saturated carbocycles. The summed E-state index contributed by atoms with van der Waals surface area (Å²) in [6.45, 7) is 5.63. The van der Waals surface area contributed by atoms with Gasteiger partial charge in [0.15, 0.2) is 0 Å². The van der Waals surface area contributed by atoms with Crippen LogP contribution in [0.15, 0.2) is 42.6 Å². The molecule has 0 atom stereocenters. The molecule has 8 heteroatoms. The molecule has 150 valence electrons. The van der Waals surface area contributed by atoms with Crippen molar-refractivity contribution in [1.82, 2.24) is 14.9 Å². The lowest BCUT2D eigenvalue weighted by Crippen LogP contribution is -2.44. The first-order chi connectivity index (χ1) is 14.0. The summed E-state index contributed by atoms with van der Waals surface area (Å²) in [5, 5.41) is 4.38. The van der Waals surface area contributed by atoms with E-state index >= 15 is 0 Å². The van der Waals surface area contributed by atoms with Crippen molar-refractivity contribution in [3.05, 3.63) is 58.2 Å². The SMILES string of the molecule is Cc1nc(-c2ccccn2)sc1C(=O)Nc1cc(Cl)ccc1N1CCN(C)CC1. The molecule has 4 rings (SSSR count). The van der Waals surface area contributed by atoms with Gasteiger partial charge in [-0.25, -0.2) is 4.98 Å². The fourth-order valence-corrected chi connectivity index (χ4v) is 4.43. The van der Waals surface area contributed by atoms with Crippen LogP contribution in [0.1, 0.15) is 15.4 Å². The second kappa shape index (κ2) is 8.49. The topological polar surface area (TPSA) is 61.4 Å². The van der Waals surface area contributed by atoms with Crippen LogP contribution in [0.3, 0.4) is 0 Å². The minimum absolute atomic E-state index is 0.181. The predicted octanol–water partition coefficient (Wildman–Crippen LogP) is 4.17. The van der Waals surface area contributed by atoms with E-state index < -0.39 is 0 Å². The molecular formula is C21H22ClN5OS. The number of amides is 1. The third kappa shape index (κ3) is 4.42. The number of nitrogens with one attached hydrogen (secondary N) is 1. The van der Waals surface area contributed by atoms with Gasteiger partial charge in [0.2, 0.25) is 0 Å². The highest BCUT2D eigenvalue weighted by Crippen LogP contribution is 2.32. The maximum atomic E-state index is 13.0. The van der Waals surface area contributed by atoms with Gasteiger partial charge in [-0.1, -0.05) is 17.7 Å². The van der Waals surface area contributed by atoms with Crippen molar-refractivity contribution >= 4 is 40.2 Å². The number of carbonyl (C=O) groups is 1. The van der Waals surface area contributed by atoms with Gasteiger partial charge in [-0.2, -0.15) is 0 Å². The van der Waals surface area contributed by atoms with Gasteiger partial charge in [0.05, 0.1) is 22.8 Å². The van der Waals surface area contributed by atoms with Crippen LogP contribution in [0.25, 0.3) is 10.7 Å². The Morgan fingerprint density at radius 1 is 1.17 bits per heavy atom. The molecule has 1 fully saturated rings. The zero-order valence-electron chi connectivity index (χ0n) is 16.4. The van der Waals surface area contributed by atoms with Gasteiger partial charge in [0.1, 0.15) is 9.88 Å². The molecule has 2 aromatic heterocycles. The Morgan fingerprint density at radius 2 is 1.97 bits per heavy atom. The van der Waals surface area contributed by atoms with Gasteiger partial charge in [-0.3, -0.25) is 9.78 Å². The number of likely N-dealkylation sites (N-methyl/N-ethyl adjacent to an activating group) is 1. The Morgan fingerprint density at radius 3 is 2.69 bits per heavy atom. The van der Waals surface area contributed by atoms with Crippen LogP contribution in [-0.2, 0) is 0 Å². The lowest BCUT2D eigenvalue weighted by atomic mass is 10.2. The minimum Gasteiger partial charge on any atom is -0.367 e. The number of nitrogens with zero attached hydrogens (tertiary/aromatic N) is 4. The largest absolute Gasteiger partial charge is 0.367 e. The molecule has 1 aliphatic rings. The van der Waals surface area contributed by atoms with Crippen LogP contribution < -0.4 is 10.2 Å². The number of benzene rings is 1. The monoisotopic (exact) mass is 427 g/mol. The number of piperazine rings is 1. The van der Waals surface area contributed by atoms with Crippen LogP contribution >= 0.6 is 22.9 Å². The van der Waals surface area contributed by atoms with Crippen LogP contribution in [0.5, 0.6) is 0 Å². The van der Waals surface area contributed by atoms with Crippen molar-refractivity contribution in [2.45, 2.75) is 6.92 Å². The van der Waals surface area contributed by atoms with Crippen molar-refractivity contribution in [1.29, 1.82) is 0 Å². The number of pyridine rings is 1. The number of rotatable bonds is 4. The second-order valence-electron chi connectivity index (χ2n) is 7.05. The normalized spacial score (nSPS) is 14.8. The smallest absolute Gasteiger partial charge is 0.267 e. The Balaban J connectivity index is 1.59. The van der Waals surface area contributed by atoms with Crippen molar-refractivity contribution < 1.29 is 4.79 Å². The van der Waals surface area contributed by atoms with Gasteiger partial charge >= 0.3 is 0 Å². The van der Waals surface area contributed by atoms with Gasteiger partial charge in [0.25, 0.3) is 5.91 Å². The Hall–Kier alpha value is -2.48. The highest BCUT2D eigenvalue weighted by atomic mass is 35.5. The molecule has 1 aliphatic heterocycles. The molecule has 0 unspecified atom stereocenters. The summed E-state index contributed by atoms with van der Waals surface area (Å²) in [6, 6.07) is 11.3. The van der Waals surface area contributed by atoms with E-state index in [0.29, 0.717) is 15.6 Å². The molecular weight excluding hydrogens is 406 g/mol. The molecule has 0 radical (unpaired) electrons. The fraction of sp³-hybridized carbons (Fsp3) is 0.286. The van der Waals surface area contributed by atoms with E-state index in [0.717, 1.165) is 48.3 Å². The third-order valence-electron chi connectivity index (χ3n) is 4.94. The van der Waals surface area contributed by atoms with E-state index in [1.807, 2.05) is 43.3 Å². The number of hydrogen-bond acceptors (Lipinski definition) is 6. The quantitative estimate of drug-likeness (QED) is 0.677. The number of anilines is 2. The number of aromatic nitrogens is 2. The highest BCUT2D eigenvalue weighted by molar-refractivity contribution is 7.17. The Kier molecular flexibility index (Phi) is 5.80. The average Bonchev–Trinajstić information content (AvgIpc) is 3.12. The van der Waals surface area contributed by atoms with Gasteiger partial charge in [-0.15, -0.1) is 11.3 Å². The summed E-state index contributed by atoms with van der Waals surface area (Å²) in [5.41, 5.74) is 3.17. The summed E-state index contributed by atoms with van der Waals surface area (Å²) in [7, 11) is 2.12. The molecule has 0 spiro atoms. The first-order valence-electron chi connectivity index (χ1n) is 9.44. The Bertz CT molecular complexity index is 1020. The van der Waals surface area contributed by atoms with E-state index in [9.17, 15) is 4.79 Å². The van der Waals surface area contributed by atoms with Crippen LogP contribution in [0, 0.1) is 6.92 Å². The maximum absolute atomic E-state index is 13.0. The van der Waals surface area contributed by atoms with Crippen molar-refractivity contribution in [3.63, 3.8) is 0 Å². The average molecular weight is 428 g/mol. The number of carbonyl (C=O) groups excluding carboxylic acids is 1. The molecule has 29 heavy (non-hydrogen) atoms. The number of thiazole rings is 1. The first kappa shape index (κ1) is 19.8. The standard InChI is InChI=1S/C21H22ClN5OS/c1-14-19(29-21(24-14)16-5-3-4-8-23-16)20(28)25-17-13-15(22)6-7-18(17)27-11-9-26(2)10-12-27/h3-8,13H,9-12H2,1-2H3,(H,25,28). The van der Waals surface area contributed by atoms with Gasteiger partial charge in [0, 0.05) is 37.4 Å². The van der Waals surface area contributed by atoms with Crippen molar-refractivity contribution in [2.24, 2.45) is 0 Å². The van der Waals surface area contributed by atoms with Gasteiger partial charge in [-0.05, 0) is 44.3 Å². The molecule has 0 bridgehead atoms. The van der Waals surface area contributed by atoms with E-state index in [1.54, 1.807) is 6.20 Å². The molecule has 0 aliphatic carbocycles. The van der Waals surface area contributed by atoms with Crippen LogP contribution in [-0.4, -0.2) is 54.0 Å². The first-order valence-corrected chi connectivity index (χ1v) is 10.6. The second-order valence-corrected chi connectivity index (χ2v) is 8.49. The summed E-state index contributed by atoms with van der Waals surface area (Å²) in [4.78, 5) is 27.1. The summed E-state index contributed by atoms with van der Waals surface area (Å²) >= 11 is 7.57. The lowest BCUT2D eigenvalue weighted by molar-refractivity contribution is 0.103. The molecule has 1 aromatic carbocycles. The number of hydrogen-bond donors (Lipinski definition) is 1. The minimum atomic E-state index is -0.181. The van der Waals surface area contributed by atoms with Crippen LogP contribution in [0.2, 0.25) is 5.02 Å². The summed E-state index contributed by atoms with van der Waals surface area (Å²) in [5.74, 6) is -0.181. The van der Waals surface area contributed by atoms with Crippen molar-refractivity contribution in [2.75, 3.05) is 43.4 Å².